The third-order valence-corrected chi connectivity index (χ3v) is 3.76. The van der Waals surface area contributed by atoms with Crippen LogP contribution in [0.25, 0.3) is 10.6 Å². The van der Waals surface area contributed by atoms with E-state index in [1.54, 1.807) is 0 Å². The topological polar surface area (TPSA) is 104 Å². The Balaban J connectivity index is 2.60. The molecule has 2 heterocycles. The van der Waals surface area contributed by atoms with E-state index in [0.717, 1.165) is 14.4 Å². The molecule has 0 saturated heterocycles. The van der Waals surface area contributed by atoms with Gasteiger partial charge in [0, 0.05) is 4.88 Å². The Morgan fingerprint density at radius 3 is 2.68 bits per heavy atom. The Morgan fingerprint density at radius 1 is 1.47 bits per heavy atom. The largest absolute Gasteiger partial charge is 0.394 e. The van der Waals surface area contributed by atoms with Gasteiger partial charge in [-0.1, -0.05) is 0 Å². The van der Waals surface area contributed by atoms with Crippen molar-refractivity contribution in [3.8, 4) is 10.6 Å². The van der Waals surface area contributed by atoms with Crippen LogP contribution in [0.4, 0.5) is 5.69 Å². The number of aromatic nitrogens is 2. The van der Waals surface area contributed by atoms with Crippen LogP contribution in [0.1, 0.15) is 17.8 Å². The summed E-state index contributed by atoms with van der Waals surface area (Å²) in [5.41, 5.74) is 11.0. The first-order valence-corrected chi connectivity index (χ1v) is 6.47. The van der Waals surface area contributed by atoms with E-state index >= 15 is 0 Å². The predicted molar refractivity (Wildman–Crippen MR) is 74.9 cm³/mol. The number of nitrogens with two attached hydrogens (primary N) is 2. The average molecular weight is 278 g/mol. The number of rotatable bonds is 3. The van der Waals surface area contributed by atoms with Gasteiger partial charge in [0.2, 0.25) is 5.91 Å². The van der Waals surface area contributed by atoms with Crippen molar-refractivity contribution in [3.05, 3.63) is 33.4 Å². The molecule has 1 atom stereocenters. The number of amides is 1. The lowest BCUT2D eigenvalue weighted by atomic mass is 10.3. The fraction of sp³-hybridized carbons (Fsp3) is 0.250. The van der Waals surface area contributed by atoms with E-state index in [-0.39, 0.29) is 5.69 Å². The molecule has 0 aliphatic carbocycles. The molecule has 1 unspecified atom stereocenters. The van der Waals surface area contributed by atoms with Gasteiger partial charge < -0.3 is 11.5 Å². The third kappa shape index (κ3) is 2.50. The summed E-state index contributed by atoms with van der Waals surface area (Å²) >= 11 is 1.53. The Bertz CT molecular complexity index is 689. The Hall–Kier alpha value is -2.15. The minimum atomic E-state index is -0.837. The molecule has 4 N–H and O–H groups in total. The quantitative estimate of drug-likeness (QED) is 0.870. The predicted octanol–water partition coefficient (Wildman–Crippen LogP) is 0.909. The molecule has 2 rings (SSSR count). The molecule has 6 nitrogen and oxygen atoms in total. The maximum atomic E-state index is 11.9. The first-order chi connectivity index (χ1) is 8.90. The normalized spacial score (nSPS) is 12.3. The second-order valence-corrected chi connectivity index (χ2v) is 5.51. The fourth-order valence-corrected chi connectivity index (χ4v) is 2.43. The molecule has 0 aromatic carbocycles. The number of hydrogen-bond donors (Lipinski definition) is 2. The van der Waals surface area contributed by atoms with Crippen LogP contribution in [0.5, 0.6) is 0 Å². The number of carbonyl (C=O) groups is 1. The van der Waals surface area contributed by atoms with Crippen LogP contribution in [0, 0.1) is 6.92 Å². The zero-order chi connectivity index (χ0) is 14.2. The number of hydrogen-bond acceptors (Lipinski definition) is 5. The van der Waals surface area contributed by atoms with Crippen LogP contribution in [-0.2, 0) is 4.79 Å². The van der Waals surface area contributed by atoms with Crippen molar-refractivity contribution >= 4 is 22.9 Å². The van der Waals surface area contributed by atoms with Gasteiger partial charge in [0.25, 0.3) is 5.56 Å². The molecule has 0 aliphatic heterocycles. The fourth-order valence-electron chi connectivity index (χ4n) is 1.61. The van der Waals surface area contributed by atoms with Gasteiger partial charge in [-0.2, -0.15) is 5.10 Å². The van der Waals surface area contributed by atoms with Crippen LogP contribution in [0.15, 0.2) is 23.0 Å². The van der Waals surface area contributed by atoms with Crippen LogP contribution < -0.4 is 17.0 Å². The molecule has 19 heavy (non-hydrogen) atoms. The number of carbonyl (C=O) groups excluding carboxylic acids is 1. The van der Waals surface area contributed by atoms with Gasteiger partial charge >= 0.3 is 0 Å². The van der Waals surface area contributed by atoms with Gasteiger partial charge in [0.1, 0.15) is 17.4 Å². The van der Waals surface area contributed by atoms with E-state index in [2.05, 4.69) is 5.10 Å². The van der Waals surface area contributed by atoms with E-state index < -0.39 is 17.5 Å². The average Bonchev–Trinajstić information content (AvgIpc) is 2.78. The summed E-state index contributed by atoms with van der Waals surface area (Å²) in [6.07, 6.45) is 0. The molecular formula is C12H14N4O2S. The van der Waals surface area contributed by atoms with E-state index in [1.807, 2.05) is 19.1 Å². The van der Waals surface area contributed by atoms with Crippen LogP contribution >= 0.6 is 11.3 Å². The van der Waals surface area contributed by atoms with Crippen molar-refractivity contribution < 1.29 is 4.79 Å². The first kappa shape index (κ1) is 13.3. The maximum Gasteiger partial charge on any atom is 0.290 e. The molecule has 2 aromatic rings. The molecule has 1 amide bonds. The van der Waals surface area contributed by atoms with Crippen molar-refractivity contribution in [1.29, 1.82) is 0 Å². The molecule has 0 spiro atoms. The van der Waals surface area contributed by atoms with E-state index in [1.165, 1.54) is 24.3 Å². The molecule has 0 aliphatic rings. The molecule has 0 bridgehead atoms. The van der Waals surface area contributed by atoms with E-state index in [4.69, 9.17) is 11.5 Å². The summed E-state index contributed by atoms with van der Waals surface area (Å²) < 4.78 is 1.03. The highest BCUT2D eigenvalue weighted by Gasteiger charge is 2.17. The van der Waals surface area contributed by atoms with Gasteiger partial charge in [-0.25, -0.2) is 4.68 Å². The second-order valence-electron chi connectivity index (χ2n) is 4.22. The van der Waals surface area contributed by atoms with Crippen LogP contribution in [0.3, 0.4) is 0 Å². The zero-order valence-corrected chi connectivity index (χ0v) is 11.4. The van der Waals surface area contributed by atoms with Crippen LogP contribution in [0.2, 0.25) is 0 Å². The van der Waals surface area contributed by atoms with Gasteiger partial charge in [0.15, 0.2) is 0 Å². The summed E-state index contributed by atoms with van der Waals surface area (Å²) in [6.45, 7) is 3.49. The summed E-state index contributed by atoms with van der Waals surface area (Å²) in [7, 11) is 0. The lowest BCUT2D eigenvalue weighted by Crippen LogP contribution is -2.35. The van der Waals surface area contributed by atoms with Gasteiger partial charge in [-0.15, -0.1) is 11.3 Å². The molecule has 0 fully saturated rings. The Morgan fingerprint density at radius 2 is 2.16 bits per heavy atom. The summed E-state index contributed by atoms with van der Waals surface area (Å²) in [4.78, 5) is 25.1. The van der Waals surface area contributed by atoms with E-state index in [9.17, 15) is 9.59 Å². The second kappa shape index (κ2) is 4.85. The number of nitrogen functional groups attached to an aromatic ring is 1. The number of primary amides is 1. The smallest absolute Gasteiger partial charge is 0.290 e. The van der Waals surface area contributed by atoms with Crippen molar-refractivity contribution in [2.24, 2.45) is 5.73 Å². The molecular weight excluding hydrogens is 264 g/mol. The van der Waals surface area contributed by atoms with Crippen molar-refractivity contribution in [3.63, 3.8) is 0 Å². The number of nitrogens with zero attached hydrogens (tertiary/aromatic N) is 2. The number of anilines is 1. The third-order valence-electron chi connectivity index (χ3n) is 2.73. The van der Waals surface area contributed by atoms with Gasteiger partial charge in [-0.3, -0.25) is 9.59 Å². The molecule has 100 valence electrons. The molecule has 0 saturated carbocycles. The van der Waals surface area contributed by atoms with Crippen molar-refractivity contribution in [2.75, 3.05) is 5.73 Å². The Labute approximate surface area is 113 Å². The molecule has 2 aromatic heterocycles. The van der Waals surface area contributed by atoms with Crippen LogP contribution in [-0.4, -0.2) is 15.7 Å². The summed E-state index contributed by atoms with van der Waals surface area (Å²) in [5, 5.41) is 4.17. The maximum absolute atomic E-state index is 11.9. The number of thiophene rings is 1. The SMILES string of the molecule is Cc1ccc(-c2cc(N)c(=O)n(C(C)C(N)=O)n2)s1. The zero-order valence-electron chi connectivity index (χ0n) is 10.6. The van der Waals surface area contributed by atoms with Crippen molar-refractivity contribution in [2.45, 2.75) is 19.9 Å². The minimum absolute atomic E-state index is 0.0455. The molecule has 7 heteroatoms. The van der Waals surface area contributed by atoms with Gasteiger partial charge in [-0.05, 0) is 32.0 Å². The minimum Gasteiger partial charge on any atom is -0.394 e. The highest BCUT2D eigenvalue weighted by molar-refractivity contribution is 7.15. The van der Waals surface area contributed by atoms with Crippen molar-refractivity contribution in [1.82, 2.24) is 9.78 Å². The monoisotopic (exact) mass is 278 g/mol. The standard InChI is InChI=1S/C12H14N4O2S/c1-6-3-4-10(19-6)9-5-8(13)12(18)16(15-9)7(2)11(14)17/h3-5,7H,13H2,1-2H3,(H2,14,17). The highest BCUT2D eigenvalue weighted by Crippen LogP contribution is 2.26. The van der Waals surface area contributed by atoms with Gasteiger partial charge in [0.05, 0.1) is 4.88 Å². The number of aryl methyl sites for hydroxylation is 1. The summed E-state index contributed by atoms with van der Waals surface area (Å²) in [5.74, 6) is -0.631. The Kier molecular flexibility index (Phi) is 3.39. The highest BCUT2D eigenvalue weighted by atomic mass is 32.1. The first-order valence-electron chi connectivity index (χ1n) is 5.65. The summed E-state index contributed by atoms with van der Waals surface area (Å²) in [6, 6.07) is 4.52. The molecule has 0 radical (unpaired) electrons. The van der Waals surface area contributed by atoms with E-state index in [0.29, 0.717) is 5.69 Å². The lowest BCUT2D eigenvalue weighted by molar-refractivity contribution is -0.121. The lowest BCUT2D eigenvalue weighted by Gasteiger charge is -2.12.